The SMILES string of the molecule is CCC[C@H](NC(=O)COC(=O)/C=C/c1ccc2c(c1)OCCCO2)c1ccccc1. The Morgan fingerprint density at radius 1 is 1.10 bits per heavy atom. The highest BCUT2D eigenvalue weighted by Gasteiger charge is 2.15. The van der Waals surface area contributed by atoms with Gasteiger partial charge in [0.05, 0.1) is 19.3 Å². The van der Waals surface area contributed by atoms with E-state index in [9.17, 15) is 9.59 Å². The molecule has 2 aromatic rings. The Hall–Kier alpha value is -3.28. The smallest absolute Gasteiger partial charge is 0.331 e. The van der Waals surface area contributed by atoms with Gasteiger partial charge in [0.1, 0.15) is 0 Å². The molecule has 3 rings (SSSR count). The van der Waals surface area contributed by atoms with Crippen molar-refractivity contribution in [2.24, 2.45) is 0 Å². The van der Waals surface area contributed by atoms with Gasteiger partial charge in [0.2, 0.25) is 0 Å². The summed E-state index contributed by atoms with van der Waals surface area (Å²) < 4.78 is 16.3. The van der Waals surface area contributed by atoms with Crippen molar-refractivity contribution in [2.75, 3.05) is 19.8 Å². The standard InChI is InChI=1S/C24H27NO5/c1-2-7-20(19-8-4-3-5-9-19)25-23(26)17-30-24(27)13-11-18-10-12-21-22(16-18)29-15-6-14-28-21/h3-5,8-13,16,20H,2,6-7,14-15,17H2,1H3,(H,25,26)/b13-11+/t20-/m0/s1. The zero-order valence-corrected chi connectivity index (χ0v) is 17.1. The first-order valence-electron chi connectivity index (χ1n) is 10.2. The maximum Gasteiger partial charge on any atom is 0.331 e. The second kappa shape index (κ2) is 11.0. The normalized spacial score (nSPS) is 14.0. The lowest BCUT2D eigenvalue weighted by atomic mass is 10.0. The minimum absolute atomic E-state index is 0.0975. The molecule has 1 aliphatic rings. The van der Waals surface area contributed by atoms with Crippen LogP contribution >= 0.6 is 0 Å². The van der Waals surface area contributed by atoms with Gasteiger partial charge < -0.3 is 19.5 Å². The van der Waals surface area contributed by atoms with Gasteiger partial charge in [0, 0.05) is 12.5 Å². The van der Waals surface area contributed by atoms with E-state index in [4.69, 9.17) is 14.2 Å². The Labute approximate surface area is 176 Å². The van der Waals surface area contributed by atoms with Crippen LogP contribution in [0.4, 0.5) is 0 Å². The maximum absolute atomic E-state index is 12.2. The third-order valence-electron chi connectivity index (χ3n) is 4.64. The van der Waals surface area contributed by atoms with Crippen LogP contribution in [-0.2, 0) is 14.3 Å². The predicted octanol–water partition coefficient (Wildman–Crippen LogP) is 4.06. The molecule has 0 bridgehead atoms. The molecule has 0 unspecified atom stereocenters. The summed E-state index contributed by atoms with van der Waals surface area (Å²) in [6.45, 7) is 2.96. The van der Waals surface area contributed by atoms with E-state index in [1.165, 1.54) is 6.08 Å². The first kappa shape index (κ1) is 21.4. The third kappa shape index (κ3) is 6.37. The average molecular weight is 409 g/mol. The lowest BCUT2D eigenvalue weighted by molar-refractivity contribution is -0.144. The fourth-order valence-electron chi connectivity index (χ4n) is 3.16. The van der Waals surface area contributed by atoms with Crippen LogP contribution in [0.5, 0.6) is 11.5 Å². The number of amides is 1. The van der Waals surface area contributed by atoms with Gasteiger partial charge in [0.25, 0.3) is 5.91 Å². The number of carbonyl (C=O) groups is 2. The third-order valence-corrected chi connectivity index (χ3v) is 4.64. The zero-order chi connectivity index (χ0) is 21.2. The molecule has 6 nitrogen and oxygen atoms in total. The molecule has 6 heteroatoms. The van der Waals surface area contributed by atoms with Crippen LogP contribution in [0.15, 0.2) is 54.6 Å². The lowest BCUT2D eigenvalue weighted by Gasteiger charge is -2.18. The van der Waals surface area contributed by atoms with Crippen molar-refractivity contribution in [3.05, 3.63) is 65.7 Å². The van der Waals surface area contributed by atoms with Crippen molar-refractivity contribution in [1.29, 1.82) is 0 Å². The molecule has 1 heterocycles. The van der Waals surface area contributed by atoms with Crippen molar-refractivity contribution in [3.8, 4) is 11.5 Å². The number of esters is 1. The van der Waals surface area contributed by atoms with Gasteiger partial charge in [-0.05, 0) is 35.8 Å². The highest BCUT2D eigenvalue weighted by molar-refractivity contribution is 5.89. The van der Waals surface area contributed by atoms with Crippen LogP contribution in [0.25, 0.3) is 6.08 Å². The second-order valence-electron chi connectivity index (χ2n) is 7.02. The van der Waals surface area contributed by atoms with Crippen LogP contribution in [0.2, 0.25) is 0 Å². The molecule has 158 valence electrons. The van der Waals surface area contributed by atoms with E-state index < -0.39 is 5.97 Å². The molecular formula is C24H27NO5. The highest BCUT2D eigenvalue weighted by atomic mass is 16.5. The molecule has 1 atom stereocenters. The van der Waals surface area contributed by atoms with E-state index in [0.717, 1.165) is 30.4 Å². The molecule has 0 saturated heterocycles. The maximum atomic E-state index is 12.2. The molecule has 30 heavy (non-hydrogen) atoms. The summed E-state index contributed by atoms with van der Waals surface area (Å²) in [4.78, 5) is 24.2. The van der Waals surface area contributed by atoms with Crippen LogP contribution in [-0.4, -0.2) is 31.7 Å². The Morgan fingerprint density at radius 2 is 1.87 bits per heavy atom. The molecule has 0 saturated carbocycles. The lowest BCUT2D eigenvalue weighted by Crippen LogP contribution is -2.32. The number of carbonyl (C=O) groups excluding carboxylic acids is 2. The summed E-state index contributed by atoms with van der Waals surface area (Å²) in [5, 5.41) is 2.93. The van der Waals surface area contributed by atoms with E-state index >= 15 is 0 Å². The summed E-state index contributed by atoms with van der Waals surface area (Å²) in [5.41, 5.74) is 1.82. The predicted molar refractivity (Wildman–Crippen MR) is 114 cm³/mol. The Balaban J connectivity index is 1.50. The monoisotopic (exact) mass is 409 g/mol. The minimum atomic E-state index is -0.580. The number of nitrogens with one attached hydrogen (secondary N) is 1. The number of hydrogen-bond acceptors (Lipinski definition) is 5. The molecule has 1 N–H and O–H groups in total. The molecule has 1 amide bonds. The number of fused-ring (bicyclic) bond motifs is 1. The molecule has 1 aliphatic heterocycles. The molecule has 2 aromatic carbocycles. The van der Waals surface area contributed by atoms with Gasteiger partial charge in [-0.15, -0.1) is 0 Å². The summed E-state index contributed by atoms with van der Waals surface area (Å²) in [6.07, 6.45) is 5.50. The van der Waals surface area contributed by atoms with E-state index in [-0.39, 0.29) is 18.6 Å². The molecule has 0 fully saturated rings. The van der Waals surface area contributed by atoms with Crippen molar-refractivity contribution >= 4 is 18.0 Å². The zero-order valence-electron chi connectivity index (χ0n) is 17.1. The van der Waals surface area contributed by atoms with Gasteiger partial charge in [-0.2, -0.15) is 0 Å². The first-order valence-corrected chi connectivity index (χ1v) is 10.2. The van der Waals surface area contributed by atoms with Crippen LogP contribution in [0.1, 0.15) is 43.4 Å². The van der Waals surface area contributed by atoms with Gasteiger partial charge in [-0.3, -0.25) is 4.79 Å². The fraction of sp³-hybridized carbons (Fsp3) is 0.333. The van der Waals surface area contributed by atoms with Gasteiger partial charge in [0.15, 0.2) is 18.1 Å². The summed E-state index contributed by atoms with van der Waals surface area (Å²) >= 11 is 0. The topological polar surface area (TPSA) is 73.9 Å². The van der Waals surface area contributed by atoms with Gasteiger partial charge in [-0.1, -0.05) is 49.7 Å². The highest BCUT2D eigenvalue weighted by Crippen LogP contribution is 2.30. The van der Waals surface area contributed by atoms with Crippen molar-refractivity contribution in [1.82, 2.24) is 5.32 Å². The van der Waals surface area contributed by atoms with Crippen LogP contribution in [0.3, 0.4) is 0 Å². The van der Waals surface area contributed by atoms with Crippen molar-refractivity contribution in [2.45, 2.75) is 32.2 Å². The van der Waals surface area contributed by atoms with Crippen LogP contribution in [0, 0.1) is 0 Å². The van der Waals surface area contributed by atoms with Crippen molar-refractivity contribution < 1.29 is 23.8 Å². The van der Waals surface area contributed by atoms with E-state index in [0.29, 0.717) is 24.7 Å². The number of benzene rings is 2. The van der Waals surface area contributed by atoms with Gasteiger partial charge in [-0.25, -0.2) is 4.79 Å². The Morgan fingerprint density at radius 3 is 2.63 bits per heavy atom. The molecular weight excluding hydrogens is 382 g/mol. The number of ether oxygens (including phenoxy) is 3. The molecule has 0 radical (unpaired) electrons. The summed E-state index contributed by atoms with van der Waals surface area (Å²) in [5.74, 6) is 0.452. The number of rotatable bonds is 8. The number of hydrogen-bond donors (Lipinski definition) is 1. The second-order valence-corrected chi connectivity index (χ2v) is 7.02. The largest absolute Gasteiger partial charge is 0.490 e. The van der Waals surface area contributed by atoms with Crippen LogP contribution < -0.4 is 14.8 Å². The van der Waals surface area contributed by atoms with E-state index in [1.807, 2.05) is 48.5 Å². The quantitative estimate of drug-likeness (QED) is 0.526. The minimum Gasteiger partial charge on any atom is -0.490 e. The Kier molecular flexibility index (Phi) is 7.89. The molecule has 0 aromatic heterocycles. The van der Waals surface area contributed by atoms with E-state index in [1.54, 1.807) is 6.08 Å². The van der Waals surface area contributed by atoms with Gasteiger partial charge >= 0.3 is 5.97 Å². The summed E-state index contributed by atoms with van der Waals surface area (Å²) in [6, 6.07) is 15.1. The Bertz CT molecular complexity index is 878. The van der Waals surface area contributed by atoms with Crippen molar-refractivity contribution in [3.63, 3.8) is 0 Å². The summed E-state index contributed by atoms with van der Waals surface area (Å²) in [7, 11) is 0. The fourth-order valence-corrected chi connectivity index (χ4v) is 3.16. The van der Waals surface area contributed by atoms with E-state index in [2.05, 4.69) is 12.2 Å². The average Bonchev–Trinajstić information content (AvgIpc) is 3.01. The first-order chi connectivity index (χ1) is 14.7. The molecule has 0 spiro atoms. The molecule has 0 aliphatic carbocycles.